The molecule has 1 amide bonds. The zero-order chi connectivity index (χ0) is 22.6. The van der Waals surface area contributed by atoms with Gasteiger partial charge in [-0.2, -0.15) is 0 Å². The van der Waals surface area contributed by atoms with Gasteiger partial charge >= 0.3 is 0 Å². The minimum Gasteiger partial charge on any atom is -0.491 e. The number of fused-ring (bicyclic) bond motifs is 2. The predicted octanol–water partition coefficient (Wildman–Crippen LogP) is 4.80. The first-order chi connectivity index (χ1) is 15.3. The first-order valence-corrected chi connectivity index (χ1v) is 11.1. The van der Waals surface area contributed by atoms with Gasteiger partial charge in [0.1, 0.15) is 16.3 Å². The zero-order valence-corrected chi connectivity index (χ0v) is 18.9. The number of nitrogens with zero attached hydrogens (tertiary/aromatic N) is 3. The highest BCUT2D eigenvalue weighted by Crippen LogP contribution is 2.42. The molecule has 0 unspecified atom stereocenters. The summed E-state index contributed by atoms with van der Waals surface area (Å²) in [5.74, 6) is 0.364. The van der Waals surface area contributed by atoms with Crippen LogP contribution in [0.3, 0.4) is 0 Å². The minimum absolute atomic E-state index is 0.0390. The van der Waals surface area contributed by atoms with Crippen molar-refractivity contribution in [1.29, 1.82) is 0 Å². The van der Waals surface area contributed by atoms with E-state index in [9.17, 15) is 9.59 Å². The molecule has 162 valence electrons. The van der Waals surface area contributed by atoms with Crippen molar-refractivity contribution >= 4 is 33.3 Å². The summed E-state index contributed by atoms with van der Waals surface area (Å²) in [5.41, 5.74) is 2.20. The average Bonchev–Trinajstić information content (AvgIpc) is 3.30. The van der Waals surface area contributed by atoms with Gasteiger partial charge in [0.2, 0.25) is 10.9 Å². The summed E-state index contributed by atoms with van der Waals surface area (Å²) in [6.07, 6.45) is 0.0390. The minimum atomic E-state index is -0.667. The predicted molar refractivity (Wildman–Crippen MR) is 123 cm³/mol. The molecule has 32 heavy (non-hydrogen) atoms. The molecule has 0 spiro atoms. The Balaban J connectivity index is 1.73. The van der Waals surface area contributed by atoms with E-state index in [4.69, 9.17) is 9.15 Å². The normalized spacial score (nSPS) is 15.6. The molecule has 5 rings (SSSR count). The Morgan fingerprint density at radius 1 is 1.06 bits per heavy atom. The fourth-order valence-corrected chi connectivity index (χ4v) is 4.70. The van der Waals surface area contributed by atoms with Gasteiger partial charge in [-0.3, -0.25) is 14.5 Å². The monoisotopic (exact) mass is 447 g/mol. The SMILES string of the molecule is Cc1ccc2oc3c(c(=O)c2c1)[C@@H](c1ccc(OC(C)C)cc1)N(c1nnc(C)s1)C3=O. The van der Waals surface area contributed by atoms with Gasteiger partial charge in [0.05, 0.1) is 23.1 Å². The highest BCUT2D eigenvalue weighted by molar-refractivity contribution is 7.15. The van der Waals surface area contributed by atoms with Gasteiger partial charge in [0.25, 0.3) is 5.91 Å². The van der Waals surface area contributed by atoms with Gasteiger partial charge < -0.3 is 9.15 Å². The number of benzene rings is 2. The van der Waals surface area contributed by atoms with Crippen LogP contribution >= 0.6 is 11.3 Å². The van der Waals surface area contributed by atoms with Gasteiger partial charge in [0.15, 0.2) is 5.43 Å². The number of amides is 1. The van der Waals surface area contributed by atoms with Crippen molar-refractivity contribution in [1.82, 2.24) is 10.2 Å². The fraction of sp³-hybridized carbons (Fsp3) is 0.250. The Morgan fingerprint density at radius 3 is 2.47 bits per heavy atom. The zero-order valence-electron chi connectivity index (χ0n) is 18.1. The highest BCUT2D eigenvalue weighted by atomic mass is 32.1. The van der Waals surface area contributed by atoms with E-state index in [2.05, 4.69) is 10.2 Å². The van der Waals surface area contributed by atoms with Crippen molar-refractivity contribution in [3.63, 3.8) is 0 Å². The summed E-state index contributed by atoms with van der Waals surface area (Å²) < 4.78 is 11.7. The van der Waals surface area contributed by atoms with Gasteiger partial charge in [-0.1, -0.05) is 35.1 Å². The molecule has 8 heteroatoms. The number of carbonyl (C=O) groups excluding carboxylic acids is 1. The molecular formula is C24H21N3O4S. The summed E-state index contributed by atoms with van der Waals surface area (Å²) in [5, 5.41) is 9.85. The van der Waals surface area contributed by atoms with Crippen molar-refractivity contribution in [3.8, 4) is 5.75 Å². The van der Waals surface area contributed by atoms with Crippen LogP contribution in [-0.2, 0) is 0 Å². The van der Waals surface area contributed by atoms with E-state index >= 15 is 0 Å². The van der Waals surface area contributed by atoms with Crippen molar-refractivity contribution in [3.05, 3.63) is 80.1 Å². The molecule has 0 aliphatic carbocycles. The summed E-state index contributed by atoms with van der Waals surface area (Å²) in [4.78, 5) is 28.6. The number of aryl methyl sites for hydroxylation is 2. The Bertz CT molecular complexity index is 1410. The van der Waals surface area contributed by atoms with E-state index in [1.807, 2.05) is 58.0 Å². The topological polar surface area (TPSA) is 85.5 Å². The van der Waals surface area contributed by atoms with Gasteiger partial charge in [0, 0.05) is 0 Å². The highest BCUT2D eigenvalue weighted by Gasteiger charge is 2.45. The smallest absolute Gasteiger partial charge is 0.297 e. The van der Waals surface area contributed by atoms with Crippen molar-refractivity contribution in [2.75, 3.05) is 4.90 Å². The van der Waals surface area contributed by atoms with Crippen LogP contribution in [-0.4, -0.2) is 22.2 Å². The van der Waals surface area contributed by atoms with Crippen LogP contribution in [0, 0.1) is 13.8 Å². The lowest BCUT2D eigenvalue weighted by molar-refractivity contribution is 0.0970. The molecule has 1 atom stereocenters. The van der Waals surface area contributed by atoms with Crippen molar-refractivity contribution < 1.29 is 13.9 Å². The molecule has 1 aliphatic rings. The van der Waals surface area contributed by atoms with Crippen LogP contribution in [0.2, 0.25) is 0 Å². The third-order valence-corrected chi connectivity index (χ3v) is 6.15. The molecular weight excluding hydrogens is 426 g/mol. The van der Waals surface area contributed by atoms with Crippen LogP contribution in [0.1, 0.15) is 52.1 Å². The Morgan fingerprint density at radius 2 is 1.81 bits per heavy atom. The molecule has 2 aromatic heterocycles. The average molecular weight is 448 g/mol. The Labute approximate surface area is 188 Å². The van der Waals surface area contributed by atoms with Crippen LogP contribution in [0.5, 0.6) is 5.75 Å². The lowest BCUT2D eigenvalue weighted by Gasteiger charge is -2.22. The second-order valence-electron chi connectivity index (χ2n) is 8.09. The van der Waals surface area contributed by atoms with E-state index in [0.717, 1.165) is 16.1 Å². The van der Waals surface area contributed by atoms with E-state index in [1.54, 1.807) is 12.1 Å². The van der Waals surface area contributed by atoms with Crippen LogP contribution in [0.4, 0.5) is 5.13 Å². The number of hydrogen-bond donors (Lipinski definition) is 0. The molecule has 0 N–H and O–H groups in total. The number of hydrogen-bond acceptors (Lipinski definition) is 7. The first kappa shape index (κ1) is 20.4. The molecule has 1 aliphatic heterocycles. The van der Waals surface area contributed by atoms with Crippen molar-refractivity contribution in [2.45, 2.75) is 39.8 Å². The van der Waals surface area contributed by atoms with E-state index in [1.165, 1.54) is 16.2 Å². The van der Waals surface area contributed by atoms with Gasteiger partial charge in [-0.05, 0) is 57.5 Å². The molecule has 7 nitrogen and oxygen atoms in total. The molecule has 2 aromatic carbocycles. The maximum atomic E-state index is 13.6. The van der Waals surface area contributed by atoms with E-state index in [0.29, 0.717) is 27.4 Å². The molecule has 0 bridgehead atoms. The van der Waals surface area contributed by atoms with E-state index in [-0.39, 0.29) is 17.3 Å². The van der Waals surface area contributed by atoms with Crippen LogP contribution in [0.15, 0.2) is 51.7 Å². The lowest BCUT2D eigenvalue weighted by Crippen LogP contribution is -2.29. The lowest BCUT2D eigenvalue weighted by atomic mass is 9.98. The maximum Gasteiger partial charge on any atom is 0.297 e. The van der Waals surface area contributed by atoms with Gasteiger partial charge in [-0.25, -0.2) is 0 Å². The standard InChI is InChI=1S/C24H21N3O4S/c1-12(2)30-16-8-6-15(7-9-16)20-19-21(28)17-11-13(3)5-10-18(17)31-22(19)23(29)27(20)24-26-25-14(4)32-24/h5-12,20H,1-4H3/t20-/m1/s1. The number of anilines is 1. The van der Waals surface area contributed by atoms with Crippen molar-refractivity contribution in [2.24, 2.45) is 0 Å². The number of carbonyl (C=O) groups is 1. The number of ether oxygens (including phenoxy) is 1. The number of rotatable bonds is 4. The second-order valence-corrected chi connectivity index (χ2v) is 9.25. The van der Waals surface area contributed by atoms with E-state index < -0.39 is 11.9 Å². The first-order valence-electron chi connectivity index (χ1n) is 10.3. The second kappa shape index (κ2) is 7.56. The largest absolute Gasteiger partial charge is 0.491 e. The van der Waals surface area contributed by atoms with Crippen LogP contribution < -0.4 is 15.1 Å². The molecule has 4 aromatic rings. The Kier molecular flexibility index (Phi) is 4.82. The summed E-state index contributed by atoms with van der Waals surface area (Å²) in [7, 11) is 0. The summed E-state index contributed by atoms with van der Waals surface area (Å²) in [6, 6.07) is 12.1. The maximum absolute atomic E-state index is 13.6. The third kappa shape index (κ3) is 3.27. The fourth-order valence-electron chi connectivity index (χ4n) is 3.98. The summed E-state index contributed by atoms with van der Waals surface area (Å²) >= 11 is 1.30. The number of aromatic nitrogens is 2. The quantitative estimate of drug-likeness (QED) is 0.447. The molecule has 0 saturated carbocycles. The summed E-state index contributed by atoms with van der Waals surface area (Å²) in [6.45, 7) is 7.65. The third-order valence-electron chi connectivity index (χ3n) is 5.31. The van der Waals surface area contributed by atoms with Crippen LogP contribution in [0.25, 0.3) is 11.0 Å². The Hall–Kier alpha value is -3.52. The molecule has 0 fully saturated rings. The molecule has 0 saturated heterocycles. The van der Waals surface area contributed by atoms with Gasteiger partial charge in [-0.15, -0.1) is 10.2 Å². The molecule has 3 heterocycles. The molecule has 0 radical (unpaired) electrons.